The fourth-order valence-corrected chi connectivity index (χ4v) is 4.09. The van der Waals surface area contributed by atoms with E-state index in [0.29, 0.717) is 5.92 Å². The summed E-state index contributed by atoms with van der Waals surface area (Å²) >= 11 is 3.43. The van der Waals surface area contributed by atoms with E-state index in [2.05, 4.69) is 26.6 Å². The molecule has 0 radical (unpaired) electrons. The number of benzene rings is 1. The highest BCUT2D eigenvalue weighted by atomic mass is 79.9. The van der Waals surface area contributed by atoms with Gasteiger partial charge in [-0.2, -0.15) is 0 Å². The van der Waals surface area contributed by atoms with Gasteiger partial charge in [0.2, 0.25) is 5.91 Å². The fraction of sp³-hybridized carbons (Fsp3) is 0.562. The maximum absolute atomic E-state index is 12.9. The normalized spacial score (nSPS) is 26.7. The predicted molar refractivity (Wildman–Crippen MR) is 93.8 cm³/mol. The van der Waals surface area contributed by atoms with Crippen molar-refractivity contribution in [1.82, 2.24) is 5.32 Å². The summed E-state index contributed by atoms with van der Waals surface area (Å²) in [5.41, 5.74) is 0.573. The van der Waals surface area contributed by atoms with Gasteiger partial charge in [0.1, 0.15) is 5.75 Å². The van der Waals surface area contributed by atoms with E-state index in [1.54, 1.807) is 7.11 Å². The van der Waals surface area contributed by atoms with Crippen LogP contribution < -0.4 is 15.4 Å². The highest BCUT2D eigenvalue weighted by Crippen LogP contribution is 2.44. The molecule has 1 saturated carbocycles. The molecular weight excluding hydrogens is 368 g/mol. The van der Waals surface area contributed by atoms with Crippen molar-refractivity contribution < 1.29 is 9.53 Å². The molecule has 1 aliphatic carbocycles. The third-order valence-electron chi connectivity index (χ3n) is 4.90. The Kier molecular flexibility index (Phi) is 5.75. The topological polar surface area (TPSA) is 50.4 Å². The Bertz CT molecular complexity index is 555. The summed E-state index contributed by atoms with van der Waals surface area (Å²) in [4.78, 5) is 12.9. The van der Waals surface area contributed by atoms with Gasteiger partial charge in [0.25, 0.3) is 0 Å². The summed E-state index contributed by atoms with van der Waals surface area (Å²) in [6.45, 7) is 1.77. The minimum Gasteiger partial charge on any atom is -0.495 e. The molecule has 6 heteroatoms. The average Bonchev–Trinajstić information content (AvgIpc) is 2.94. The second kappa shape index (κ2) is 7.20. The summed E-state index contributed by atoms with van der Waals surface area (Å²) in [6.07, 6.45) is 4.54. The number of nitrogens with one attached hydrogen (secondary N) is 2. The third-order valence-corrected chi connectivity index (χ3v) is 5.55. The van der Waals surface area contributed by atoms with Crippen molar-refractivity contribution in [3.8, 4) is 5.75 Å². The zero-order chi connectivity index (χ0) is 14.9. The first kappa shape index (κ1) is 17.6. The molecule has 122 valence electrons. The van der Waals surface area contributed by atoms with Crippen molar-refractivity contribution in [2.24, 2.45) is 11.3 Å². The molecule has 1 amide bonds. The van der Waals surface area contributed by atoms with Gasteiger partial charge in [-0.15, -0.1) is 12.4 Å². The zero-order valence-corrected chi connectivity index (χ0v) is 15.1. The van der Waals surface area contributed by atoms with Crippen LogP contribution in [0.3, 0.4) is 0 Å². The van der Waals surface area contributed by atoms with Crippen LogP contribution in [0.25, 0.3) is 0 Å². The molecule has 2 N–H and O–H groups in total. The van der Waals surface area contributed by atoms with Crippen LogP contribution in [0.1, 0.15) is 25.7 Å². The third kappa shape index (κ3) is 3.12. The predicted octanol–water partition coefficient (Wildman–Crippen LogP) is 3.60. The van der Waals surface area contributed by atoms with E-state index in [9.17, 15) is 4.79 Å². The Morgan fingerprint density at radius 1 is 1.45 bits per heavy atom. The fourth-order valence-electron chi connectivity index (χ4n) is 3.68. The maximum atomic E-state index is 12.9. The van der Waals surface area contributed by atoms with E-state index >= 15 is 0 Å². The Balaban J connectivity index is 0.00000176. The first-order chi connectivity index (χ1) is 10.2. The summed E-state index contributed by atoms with van der Waals surface area (Å²) in [6, 6.07) is 5.66. The minimum atomic E-state index is -0.224. The number of anilines is 1. The first-order valence-electron chi connectivity index (χ1n) is 7.51. The Morgan fingerprint density at radius 3 is 3.05 bits per heavy atom. The van der Waals surface area contributed by atoms with Crippen molar-refractivity contribution in [3.05, 3.63) is 22.7 Å². The van der Waals surface area contributed by atoms with Crippen molar-refractivity contribution in [1.29, 1.82) is 0 Å². The Labute approximate surface area is 145 Å². The molecule has 2 atom stereocenters. The molecular formula is C16H22BrClN2O2. The highest BCUT2D eigenvalue weighted by Gasteiger charge is 2.49. The number of halogens is 2. The molecule has 1 heterocycles. The molecule has 0 bridgehead atoms. The monoisotopic (exact) mass is 388 g/mol. The van der Waals surface area contributed by atoms with Crippen LogP contribution in [0.2, 0.25) is 0 Å². The minimum absolute atomic E-state index is 0. The number of amides is 1. The van der Waals surface area contributed by atoms with Gasteiger partial charge in [0.15, 0.2) is 0 Å². The number of methoxy groups -OCH3 is 1. The van der Waals surface area contributed by atoms with Gasteiger partial charge in [0, 0.05) is 18.3 Å². The van der Waals surface area contributed by atoms with Crippen LogP contribution in [-0.2, 0) is 4.79 Å². The lowest BCUT2D eigenvalue weighted by Gasteiger charge is -2.37. The second-order valence-corrected chi connectivity index (χ2v) is 6.89. The van der Waals surface area contributed by atoms with E-state index in [1.165, 1.54) is 6.42 Å². The molecule has 0 unspecified atom stereocenters. The number of hydrogen-bond donors (Lipinski definition) is 2. The van der Waals surface area contributed by atoms with Crippen LogP contribution >= 0.6 is 28.3 Å². The number of ether oxygens (including phenoxy) is 1. The molecule has 0 spiro atoms. The SMILES string of the molecule is COc1cc(NC(=O)[C@@]23CCCC[C@H]2CNC3)ccc1Br.Cl. The van der Waals surface area contributed by atoms with Crippen molar-refractivity contribution in [2.75, 3.05) is 25.5 Å². The van der Waals surface area contributed by atoms with E-state index in [-0.39, 0.29) is 23.7 Å². The van der Waals surface area contributed by atoms with Crippen LogP contribution in [0.4, 0.5) is 5.69 Å². The van der Waals surface area contributed by atoms with E-state index < -0.39 is 0 Å². The number of carbonyl (C=O) groups excluding carboxylic acids is 1. The smallest absolute Gasteiger partial charge is 0.232 e. The molecule has 1 aromatic carbocycles. The van der Waals surface area contributed by atoms with E-state index in [4.69, 9.17) is 4.74 Å². The van der Waals surface area contributed by atoms with Crippen molar-refractivity contribution >= 4 is 39.9 Å². The number of fused-ring (bicyclic) bond motifs is 1. The Morgan fingerprint density at radius 2 is 2.27 bits per heavy atom. The molecule has 2 fully saturated rings. The lowest BCUT2D eigenvalue weighted by molar-refractivity contribution is -0.128. The molecule has 4 nitrogen and oxygen atoms in total. The summed E-state index contributed by atoms with van der Waals surface area (Å²) in [5, 5.41) is 6.51. The van der Waals surface area contributed by atoms with Crippen molar-refractivity contribution in [3.63, 3.8) is 0 Å². The van der Waals surface area contributed by atoms with Crippen LogP contribution in [0.5, 0.6) is 5.75 Å². The molecule has 1 saturated heterocycles. The molecule has 2 aliphatic rings. The molecule has 0 aromatic heterocycles. The van der Waals surface area contributed by atoms with Gasteiger partial charge in [-0.3, -0.25) is 4.79 Å². The quantitative estimate of drug-likeness (QED) is 0.830. The second-order valence-electron chi connectivity index (χ2n) is 6.03. The van der Waals surface area contributed by atoms with Gasteiger partial charge in [-0.25, -0.2) is 0 Å². The van der Waals surface area contributed by atoms with Crippen LogP contribution in [0, 0.1) is 11.3 Å². The number of rotatable bonds is 3. The molecule has 22 heavy (non-hydrogen) atoms. The summed E-state index contributed by atoms with van der Waals surface area (Å²) in [7, 11) is 1.63. The number of hydrogen-bond acceptors (Lipinski definition) is 3. The standard InChI is InChI=1S/C16H21BrN2O2.ClH/c1-21-14-8-12(5-6-13(14)17)19-15(20)16-7-3-2-4-11(16)9-18-10-16;/h5-6,8,11,18H,2-4,7,9-10H2,1H3,(H,19,20);1H/t11-,16+;/m0./s1. The first-order valence-corrected chi connectivity index (χ1v) is 8.31. The lowest BCUT2D eigenvalue weighted by atomic mass is 9.67. The van der Waals surface area contributed by atoms with Gasteiger partial charge in [0.05, 0.1) is 17.0 Å². The van der Waals surface area contributed by atoms with Gasteiger partial charge in [-0.05, 0) is 53.4 Å². The van der Waals surface area contributed by atoms with Gasteiger partial charge < -0.3 is 15.4 Å². The lowest BCUT2D eigenvalue weighted by Crippen LogP contribution is -2.44. The van der Waals surface area contributed by atoms with E-state index in [1.807, 2.05) is 18.2 Å². The number of carbonyl (C=O) groups is 1. The summed E-state index contributed by atoms with van der Waals surface area (Å²) < 4.78 is 6.18. The zero-order valence-electron chi connectivity index (χ0n) is 12.7. The van der Waals surface area contributed by atoms with Crippen molar-refractivity contribution in [2.45, 2.75) is 25.7 Å². The Hall–Kier alpha value is -0.780. The highest BCUT2D eigenvalue weighted by molar-refractivity contribution is 9.10. The van der Waals surface area contributed by atoms with Crippen LogP contribution in [0.15, 0.2) is 22.7 Å². The van der Waals surface area contributed by atoms with Gasteiger partial charge >= 0.3 is 0 Å². The maximum Gasteiger partial charge on any atom is 0.232 e. The largest absolute Gasteiger partial charge is 0.495 e. The molecule has 1 aromatic rings. The molecule has 3 rings (SSSR count). The molecule has 1 aliphatic heterocycles. The van der Waals surface area contributed by atoms with Gasteiger partial charge in [-0.1, -0.05) is 12.8 Å². The van der Waals surface area contributed by atoms with Crippen LogP contribution in [-0.4, -0.2) is 26.1 Å². The van der Waals surface area contributed by atoms with E-state index in [0.717, 1.165) is 48.3 Å². The average molecular weight is 390 g/mol. The summed E-state index contributed by atoms with van der Waals surface area (Å²) in [5.74, 6) is 1.36.